The molecule has 0 aliphatic heterocycles. The van der Waals surface area contributed by atoms with E-state index in [1.54, 1.807) is 72.8 Å². The van der Waals surface area contributed by atoms with E-state index in [9.17, 15) is 14.4 Å². The van der Waals surface area contributed by atoms with E-state index < -0.39 is 0 Å². The SMILES string of the molecule is CN(CCO)c1ccc(C(=O)Nc2ccc(C(=O)c3ccc(NC(=O)c4ccc(N(C)CCO)cc4)cc3)cc2)cc1. The molecule has 2 amide bonds. The van der Waals surface area contributed by atoms with Crippen LogP contribution in [0, 0.1) is 0 Å². The first-order valence-corrected chi connectivity index (χ1v) is 13.5. The van der Waals surface area contributed by atoms with E-state index >= 15 is 0 Å². The number of anilines is 4. The first kappa shape index (κ1) is 30.0. The highest BCUT2D eigenvalue weighted by Crippen LogP contribution is 2.19. The highest BCUT2D eigenvalue weighted by molar-refractivity contribution is 6.10. The summed E-state index contributed by atoms with van der Waals surface area (Å²) >= 11 is 0. The molecule has 0 atom stereocenters. The molecule has 4 aromatic carbocycles. The van der Waals surface area contributed by atoms with Crippen LogP contribution >= 0.6 is 0 Å². The first-order chi connectivity index (χ1) is 20.3. The molecule has 0 saturated carbocycles. The van der Waals surface area contributed by atoms with Gasteiger partial charge in [0.1, 0.15) is 0 Å². The summed E-state index contributed by atoms with van der Waals surface area (Å²) in [7, 11) is 3.73. The molecule has 0 fully saturated rings. The molecule has 0 aliphatic carbocycles. The Kier molecular flexibility index (Phi) is 10.0. The van der Waals surface area contributed by atoms with Crippen LogP contribution in [0.2, 0.25) is 0 Å². The van der Waals surface area contributed by atoms with Crippen LogP contribution in [0.1, 0.15) is 36.6 Å². The fourth-order valence-electron chi connectivity index (χ4n) is 4.28. The van der Waals surface area contributed by atoms with Crippen molar-refractivity contribution >= 4 is 40.3 Å². The number of nitrogens with one attached hydrogen (secondary N) is 2. The number of nitrogens with zero attached hydrogens (tertiary/aromatic N) is 2. The molecule has 0 aliphatic rings. The molecule has 4 N–H and O–H groups in total. The summed E-state index contributed by atoms with van der Waals surface area (Å²) in [6, 6.07) is 27.5. The smallest absolute Gasteiger partial charge is 0.255 e. The number of hydrogen-bond acceptors (Lipinski definition) is 7. The summed E-state index contributed by atoms with van der Waals surface area (Å²) in [5, 5.41) is 23.8. The van der Waals surface area contributed by atoms with Crippen LogP contribution < -0.4 is 20.4 Å². The van der Waals surface area contributed by atoms with E-state index in [1.165, 1.54) is 0 Å². The number of amides is 2. The Morgan fingerprint density at radius 3 is 1.14 bits per heavy atom. The summed E-state index contributed by atoms with van der Waals surface area (Å²) in [6.45, 7) is 1.09. The van der Waals surface area contributed by atoms with Gasteiger partial charge in [-0.3, -0.25) is 14.4 Å². The molecular weight excluding hydrogens is 532 g/mol. The fraction of sp³-hybridized carbons (Fsp3) is 0.182. The van der Waals surface area contributed by atoms with Crippen LogP contribution in [0.3, 0.4) is 0 Å². The lowest BCUT2D eigenvalue weighted by Gasteiger charge is -2.18. The van der Waals surface area contributed by atoms with Gasteiger partial charge in [-0.15, -0.1) is 0 Å². The number of aliphatic hydroxyl groups excluding tert-OH is 2. The van der Waals surface area contributed by atoms with Crippen LogP contribution in [0.25, 0.3) is 0 Å². The molecule has 0 saturated heterocycles. The maximum absolute atomic E-state index is 13.0. The first-order valence-electron chi connectivity index (χ1n) is 13.5. The second kappa shape index (κ2) is 14.1. The zero-order valence-electron chi connectivity index (χ0n) is 23.6. The summed E-state index contributed by atoms with van der Waals surface area (Å²) in [5.74, 6) is -0.725. The predicted octanol–water partition coefficient (Wildman–Crippen LogP) is 4.28. The molecule has 0 spiro atoms. The van der Waals surface area contributed by atoms with E-state index in [-0.39, 0.29) is 30.8 Å². The third kappa shape index (κ3) is 7.60. The minimum atomic E-state index is -0.270. The van der Waals surface area contributed by atoms with Crippen molar-refractivity contribution in [2.45, 2.75) is 0 Å². The molecule has 42 heavy (non-hydrogen) atoms. The van der Waals surface area contributed by atoms with Crippen molar-refractivity contribution in [1.82, 2.24) is 0 Å². The lowest BCUT2D eigenvalue weighted by atomic mass is 10.0. The lowest BCUT2D eigenvalue weighted by molar-refractivity contribution is 0.101. The van der Waals surface area contributed by atoms with Crippen molar-refractivity contribution < 1.29 is 24.6 Å². The van der Waals surface area contributed by atoms with E-state index in [4.69, 9.17) is 10.2 Å². The van der Waals surface area contributed by atoms with Crippen LogP contribution in [-0.4, -0.2) is 68.2 Å². The number of ketones is 1. The number of carbonyl (C=O) groups is 3. The molecule has 0 bridgehead atoms. The Bertz CT molecular complexity index is 1390. The molecule has 216 valence electrons. The zero-order valence-corrected chi connectivity index (χ0v) is 23.6. The lowest BCUT2D eigenvalue weighted by Crippen LogP contribution is -2.21. The largest absolute Gasteiger partial charge is 0.395 e. The van der Waals surface area contributed by atoms with Crippen molar-refractivity contribution in [3.63, 3.8) is 0 Å². The third-order valence-electron chi connectivity index (χ3n) is 6.82. The van der Waals surface area contributed by atoms with E-state index in [2.05, 4.69) is 10.6 Å². The molecule has 4 aromatic rings. The van der Waals surface area contributed by atoms with Gasteiger partial charge in [0.2, 0.25) is 0 Å². The third-order valence-corrected chi connectivity index (χ3v) is 6.82. The molecule has 4 rings (SSSR count). The topological polar surface area (TPSA) is 122 Å². The highest BCUT2D eigenvalue weighted by atomic mass is 16.3. The summed E-state index contributed by atoms with van der Waals surface area (Å²) in [6.07, 6.45) is 0. The van der Waals surface area contributed by atoms with Gasteiger partial charge in [0, 0.05) is 72.2 Å². The quantitative estimate of drug-likeness (QED) is 0.189. The summed E-state index contributed by atoms with van der Waals surface area (Å²) < 4.78 is 0. The molecule has 9 heteroatoms. The van der Waals surface area contributed by atoms with Gasteiger partial charge in [-0.25, -0.2) is 0 Å². The number of benzene rings is 4. The van der Waals surface area contributed by atoms with E-state index in [0.29, 0.717) is 46.7 Å². The zero-order chi connectivity index (χ0) is 30.1. The average molecular weight is 567 g/mol. The standard InChI is InChI=1S/C33H34N4O5/c1-36(19-21-38)29-15-7-25(8-16-29)32(41)34-27-11-3-23(4-12-27)31(40)24-5-13-28(14-6-24)35-33(42)26-9-17-30(18-10-26)37(2)20-22-39/h3-18,38-39H,19-22H2,1-2H3,(H,34,41)(H,35,42). The van der Waals surface area contributed by atoms with Gasteiger partial charge in [-0.05, 0) is 97.1 Å². The molecule has 0 heterocycles. The number of hydrogen-bond donors (Lipinski definition) is 4. The van der Waals surface area contributed by atoms with Crippen molar-refractivity contribution in [3.05, 3.63) is 119 Å². The van der Waals surface area contributed by atoms with Gasteiger partial charge in [0.25, 0.3) is 11.8 Å². The van der Waals surface area contributed by atoms with Crippen LogP contribution in [-0.2, 0) is 0 Å². The van der Waals surface area contributed by atoms with Crippen LogP contribution in [0.4, 0.5) is 22.7 Å². The average Bonchev–Trinajstić information content (AvgIpc) is 3.02. The predicted molar refractivity (Wildman–Crippen MR) is 166 cm³/mol. The second-order valence-electron chi connectivity index (χ2n) is 9.78. The van der Waals surface area contributed by atoms with Gasteiger partial charge in [-0.2, -0.15) is 0 Å². The number of carbonyl (C=O) groups excluding carboxylic acids is 3. The summed E-state index contributed by atoms with van der Waals surface area (Å²) in [5.41, 5.74) is 4.82. The van der Waals surface area contributed by atoms with E-state index in [1.807, 2.05) is 48.2 Å². The van der Waals surface area contributed by atoms with Gasteiger partial charge in [0.15, 0.2) is 5.78 Å². The Hall–Kier alpha value is -4.99. The number of aliphatic hydroxyl groups is 2. The summed E-state index contributed by atoms with van der Waals surface area (Å²) in [4.78, 5) is 42.1. The maximum Gasteiger partial charge on any atom is 0.255 e. The Morgan fingerprint density at radius 2 is 0.833 bits per heavy atom. The van der Waals surface area contributed by atoms with Crippen molar-refractivity contribution in [1.29, 1.82) is 0 Å². The molecule has 0 aromatic heterocycles. The van der Waals surface area contributed by atoms with Gasteiger partial charge in [0.05, 0.1) is 13.2 Å². The second-order valence-corrected chi connectivity index (χ2v) is 9.78. The van der Waals surface area contributed by atoms with Crippen LogP contribution in [0.15, 0.2) is 97.1 Å². The Labute approximate surface area is 245 Å². The maximum atomic E-state index is 13.0. The molecule has 9 nitrogen and oxygen atoms in total. The van der Waals surface area contributed by atoms with Gasteiger partial charge < -0.3 is 30.6 Å². The normalized spacial score (nSPS) is 10.6. The minimum absolute atomic E-state index is 0.0444. The molecule has 0 radical (unpaired) electrons. The van der Waals surface area contributed by atoms with Crippen molar-refractivity contribution in [2.75, 3.05) is 60.8 Å². The molecular formula is C33H34N4O5. The van der Waals surface area contributed by atoms with Crippen molar-refractivity contribution in [3.8, 4) is 0 Å². The fourth-order valence-corrected chi connectivity index (χ4v) is 4.28. The van der Waals surface area contributed by atoms with E-state index in [0.717, 1.165) is 11.4 Å². The molecule has 0 unspecified atom stereocenters. The van der Waals surface area contributed by atoms with Gasteiger partial charge in [-0.1, -0.05) is 0 Å². The van der Waals surface area contributed by atoms with Gasteiger partial charge >= 0.3 is 0 Å². The number of likely N-dealkylation sites (N-methyl/N-ethyl adjacent to an activating group) is 2. The Morgan fingerprint density at radius 1 is 0.524 bits per heavy atom. The number of rotatable bonds is 12. The highest BCUT2D eigenvalue weighted by Gasteiger charge is 2.12. The Balaban J connectivity index is 1.33. The van der Waals surface area contributed by atoms with Crippen molar-refractivity contribution in [2.24, 2.45) is 0 Å². The monoisotopic (exact) mass is 566 g/mol. The van der Waals surface area contributed by atoms with Crippen LogP contribution in [0.5, 0.6) is 0 Å². The minimum Gasteiger partial charge on any atom is -0.395 e.